The zero-order valence-corrected chi connectivity index (χ0v) is 28.2. The molecule has 5 aliphatic rings. The van der Waals surface area contributed by atoms with E-state index in [9.17, 15) is 81.7 Å². The molecule has 5 saturated heterocycles. The summed E-state index contributed by atoms with van der Waals surface area (Å²) in [6.45, 7) is -3.87. The highest BCUT2D eigenvalue weighted by atomic mass is 16.8. The number of rotatable bonds is 12. The van der Waals surface area contributed by atoms with E-state index in [1.807, 2.05) is 0 Å². The van der Waals surface area contributed by atoms with Crippen molar-refractivity contribution in [3.05, 3.63) is 0 Å². The molecule has 54 heavy (non-hydrogen) atoms. The molecular weight excluding hydrogens is 748 g/mol. The first-order valence-electron chi connectivity index (χ1n) is 17.0. The lowest BCUT2D eigenvalue weighted by Gasteiger charge is -2.49. The van der Waals surface area contributed by atoms with E-state index in [4.69, 9.17) is 42.6 Å². The van der Waals surface area contributed by atoms with Crippen molar-refractivity contribution in [2.75, 3.05) is 33.0 Å². The lowest BCUT2D eigenvalue weighted by Crippen LogP contribution is -2.67. The summed E-state index contributed by atoms with van der Waals surface area (Å²) >= 11 is 0. The van der Waals surface area contributed by atoms with Gasteiger partial charge in [-0.25, -0.2) is 0 Å². The minimum atomic E-state index is -2.13. The summed E-state index contributed by atoms with van der Waals surface area (Å²) < 4.78 is 49.3. The third-order valence-corrected chi connectivity index (χ3v) is 9.90. The Hall–Kier alpha value is -1.00. The Balaban J connectivity index is 1.32. The topological polar surface area (TPSA) is 407 Å². The minimum absolute atomic E-state index is 0.475. The van der Waals surface area contributed by atoms with Gasteiger partial charge in [-0.15, -0.1) is 0 Å². The van der Waals surface area contributed by atoms with Crippen molar-refractivity contribution in [1.29, 1.82) is 0 Å². The predicted octanol–water partition coefficient (Wildman–Crippen LogP) is -11.3. The fourth-order valence-electron chi connectivity index (χ4n) is 6.65. The van der Waals surface area contributed by atoms with Crippen LogP contribution in [0.4, 0.5) is 0 Å². The van der Waals surface area contributed by atoms with Crippen LogP contribution in [0, 0.1) is 0 Å². The normalized spacial score (nSPS) is 53.3. The third-order valence-electron chi connectivity index (χ3n) is 9.90. The van der Waals surface area contributed by atoms with E-state index < -0.39 is 180 Å². The van der Waals surface area contributed by atoms with Crippen LogP contribution in [-0.2, 0) is 42.6 Å². The Morgan fingerprint density at radius 3 is 1.31 bits per heavy atom. The molecule has 0 bridgehead atoms. The van der Waals surface area contributed by atoms with Crippen LogP contribution in [0.1, 0.15) is 0 Å². The molecule has 316 valence electrons. The summed E-state index contributed by atoms with van der Waals surface area (Å²) in [5.74, 6) is 0. The number of hydrogen-bond acceptors (Lipinski definition) is 25. The van der Waals surface area contributed by atoms with Gasteiger partial charge < -0.3 is 124 Å². The average molecular weight is 799 g/mol. The Morgan fingerprint density at radius 2 is 0.796 bits per heavy atom. The molecule has 0 saturated carbocycles. The van der Waals surface area contributed by atoms with Gasteiger partial charge in [0.2, 0.25) is 0 Å². The van der Waals surface area contributed by atoms with Crippen molar-refractivity contribution < 1.29 is 124 Å². The molecule has 25 nitrogen and oxygen atoms in total. The van der Waals surface area contributed by atoms with E-state index in [2.05, 4.69) is 0 Å². The van der Waals surface area contributed by atoms with E-state index in [1.165, 1.54) is 0 Å². The molecule has 25 heteroatoms. The first kappa shape index (κ1) is 44.1. The number of ether oxygens (including phenoxy) is 9. The summed E-state index contributed by atoms with van der Waals surface area (Å²) in [5, 5.41) is 165. The van der Waals surface area contributed by atoms with Gasteiger partial charge in [-0.05, 0) is 0 Å². The van der Waals surface area contributed by atoms with Gasteiger partial charge in [0.25, 0.3) is 0 Å². The van der Waals surface area contributed by atoms with Crippen LogP contribution in [0.15, 0.2) is 0 Å². The summed E-state index contributed by atoms with van der Waals surface area (Å²) in [7, 11) is 0. The lowest BCUT2D eigenvalue weighted by molar-refractivity contribution is -0.390. The van der Waals surface area contributed by atoms with Crippen LogP contribution in [0.3, 0.4) is 0 Å². The number of aliphatic hydroxyl groups excluding tert-OH is 16. The van der Waals surface area contributed by atoms with Gasteiger partial charge in [0.05, 0.1) is 33.0 Å². The van der Waals surface area contributed by atoms with Gasteiger partial charge in [0.1, 0.15) is 116 Å². The summed E-state index contributed by atoms with van der Waals surface area (Å²) in [6, 6.07) is 0. The van der Waals surface area contributed by atoms with Gasteiger partial charge in [-0.1, -0.05) is 0 Å². The SMILES string of the molecule is OC[C@H]1O[C@@H](O[C@H]2[C@H](O)[C@@H](O)[C@H](O[C@H]3[C@H](O)[C@@H](O)[C@H](O[C@H]4[C@H](O)[C@@H](O)[C@H](O)O[C@@H]4CO)O[C@@H]3CO)O[C@@H]2CO[C@H]2OC[C@@H](O)[C@H](O)[C@H]2O)[C@H](O)[C@@H](O)[C@@H]1O. The molecule has 0 radical (unpaired) electrons. The zero-order chi connectivity index (χ0) is 39.8. The van der Waals surface area contributed by atoms with Gasteiger partial charge >= 0.3 is 0 Å². The Bertz CT molecular complexity index is 1150. The van der Waals surface area contributed by atoms with Gasteiger partial charge in [-0.3, -0.25) is 0 Å². The van der Waals surface area contributed by atoms with E-state index in [-0.39, 0.29) is 0 Å². The van der Waals surface area contributed by atoms with Crippen LogP contribution in [0.25, 0.3) is 0 Å². The van der Waals surface area contributed by atoms with Crippen molar-refractivity contribution in [1.82, 2.24) is 0 Å². The quantitative estimate of drug-likeness (QED) is 0.0871. The van der Waals surface area contributed by atoms with Crippen LogP contribution in [0.2, 0.25) is 0 Å². The fourth-order valence-corrected chi connectivity index (χ4v) is 6.65. The van der Waals surface area contributed by atoms with Crippen LogP contribution >= 0.6 is 0 Å². The smallest absolute Gasteiger partial charge is 0.187 e. The second kappa shape index (κ2) is 18.7. The first-order chi connectivity index (χ1) is 25.5. The molecule has 24 atom stereocenters. The molecule has 5 aliphatic heterocycles. The molecule has 5 fully saturated rings. The lowest BCUT2D eigenvalue weighted by atomic mass is 9.95. The van der Waals surface area contributed by atoms with Crippen molar-refractivity contribution in [2.45, 2.75) is 147 Å². The molecule has 0 aromatic rings. The van der Waals surface area contributed by atoms with Gasteiger partial charge in [-0.2, -0.15) is 0 Å². The molecule has 0 aliphatic carbocycles. The standard InChI is InChI=1S/C29H50O25/c30-1-7-12(35)13(36)19(42)27(49-7)54-24-10(5-47-26-18(41)11(34)6(33)4-46-26)51-29(21(44)16(24)39)53-23-9(3-32)50-28(20(43)15(23)38)52-22-8(2-31)48-25(45)17(40)14(22)37/h6-45H,1-5H2/t6-,7-,8-,9-,10-,11+,12-,13+,14-,15-,16-,17-,18-,19-,20-,21-,22-,23-,24-,25-,26-,27+,28+,29+/m1/s1. The fraction of sp³-hybridized carbons (Fsp3) is 1.00. The second-order valence-electron chi connectivity index (χ2n) is 13.5. The van der Waals surface area contributed by atoms with Gasteiger partial charge in [0, 0.05) is 0 Å². The molecule has 0 amide bonds. The Morgan fingerprint density at radius 1 is 0.389 bits per heavy atom. The molecule has 5 rings (SSSR count). The van der Waals surface area contributed by atoms with Crippen molar-refractivity contribution in [3.8, 4) is 0 Å². The van der Waals surface area contributed by atoms with Crippen molar-refractivity contribution in [2.24, 2.45) is 0 Å². The van der Waals surface area contributed by atoms with Crippen LogP contribution < -0.4 is 0 Å². The third kappa shape index (κ3) is 9.00. The van der Waals surface area contributed by atoms with Crippen molar-refractivity contribution >= 4 is 0 Å². The highest BCUT2D eigenvalue weighted by molar-refractivity contribution is 4.98. The predicted molar refractivity (Wildman–Crippen MR) is 161 cm³/mol. The molecule has 0 aromatic carbocycles. The van der Waals surface area contributed by atoms with Crippen LogP contribution in [-0.4, -0.2) is 262 Å². The van der Waals surface area contributed by atoms with Gasteiger partial charge in [0.15, 0.2) is 31.5 Å². The van der Waals surface area contributed by atoms with Crippen molar-refractivity contribution in [3.63, 3.8) is 0 Å². The molecule has 16 N–H and O–H groups in total. The first-order valence-corrected chi connectivity index (χ1v) is 17.0. The minimum Gasteiger partial charge on any atom is -0.394 e. The van der Waals surface area contributed by atoms with E-state index in [1.54, 1.807) is 0 Å². The maximum absolute atomic E-state index is 11.3. The Labute approximate surface area is 305 Å². The summed E-state index contributed by atoms with van der Waals surface area (Å²) in [5.41, 5.74) is 0. The molecule has 0 spiro atoms. The monoisotopic (exact) mass is 798 g/mol. The number of hydrogen-bond donors (Lipinski definition) is 16. The molecule has 0 unspecified atom stereocenters. The maximum Gasteiger partial charge on any atom is 0.187 e. The Kier molecular flexibility index (Phi) is 15.3. The van der Waals surface area contributed by atoms with E-state index in [0.717, 1.165) is 0 Å². The molecule has 0 aromatic heterocycles. The number of aliphatic hydroxyl groups is 16. The summed E-state index contributed by atoms with van der Waals surface area (Å²) in [6.07, 6.45) is -43.5. The largest absolute Gasteiger partial charge is 0.394 e. The maximum atomic E-state index is 11.3. The van der Waals surface area contributed by atoms with Crippen LogP contribution in [0.5, 0.6) is 0 Å². The highest BCUT2D eigenvalue weighted by Crippen LogP contribution is 2.34. The molecular formula is C29H50O25. The second-order valence-corrected chi connectivity index (χ2v) is 13.5. The van der Waals surface area contributed by atoms with E-state index in [0.29, 0.717) is 0 Å². The average Bonchev–Trinajstić information content (AvgIpc) is 3.16. The van der Waals surface area contributed by atoms with E-state index >= 15 is 0 Å². The highest BCUT2D eigenvalue weighted by Gasteiger charge is 2.55. The molecule has 5 heterocycles. The summed E-state index contributed by atoms with van der Waals surface area (Å²) in [4.78, 5) is 0. The zero-order valence-electron chi connectivity index (χ0n) is 28.2.